The van der Waals surface area contributed by atoms with Gasteiger partial charge in [-0.05, 0) is 73.1 Å². The predicted octanol–water partition coefficient (Wildman–Crippen LogP) is 4.37. The second-order valence-corrected chi connectivity index (χ2v) is 9.22. The van der Waals surface area contributed by atoms with E-state index in [1.807, 2.05) is 29.0 Å². The zero-order chi connectivity index (χ0) is 19.1. The first-order chi connectivity index (χ1) is 14.3. The lowest BCUT2D eigenvalue weighted by atomic mass is 9.62. The minimum atomic E-state index is 0.517. The number of nitrogens with one attached hydrogen (secondary N) is 2. The van der Waals surface area contributed by atoms with Crippen LogP contribution in [0.4, 0.5) is 5.82 Å². The molecule has 4 aromatic heterocycles. The van der Waals surface area contributed by atoms with Crippen LogP contribution in [0, 0.1) is 29.6 Å². The van der Waals surface area contributed by atoms with Gasteiger partial charge in [0.25, 0.3) is 0 Å². The average molecular weight is 384 g/mol. The number of aromatic amines is 1. The van der Waals surface area contributed by atoms with E-state index >= 15 is 0 Å². The monoisotopic (exact) mass is 384 g/mol. The second-order valence-electron chi connectivity index (χ2n) is 9.22. The van der Waals surface area contributed by atoms with Crippen LogP contribution in [0.1, 0.15) is 26.2 Å². The maximum absolute atomic E-state index is 5.03. The van der Waals surface area contributed by atoms with Gasteiger partial charge in [-0.3, -0.25) is 0 Å². The molecule has 0 radical (unpaired) electrons. The van der Waals surface area contributed by atoms with Gasteiger partial charge in [-0.25, -0.2) is 14.5 Å². The van der Waals surface area contributed by atoms with Gasteiger partial charge in [-0.1, -0.05) is 6.92 Å². The van der Waals surface area contributed by atoms with Gasteiger partial charge >= 0.3 is 0 Å². The maximum Gasteiger partial charge on any atom is 0.184 e. The van der Waals surface area contributed by atoms with Crippen molar-refractivity contribution >= 4 is 22.4 Å². The van der Waals surface area contributed by atoms with E-state index in [2.05, 4.69) is 34.3 Å². The van der Waals surface area contributed by atoms with Crippen LogP contribution in [0.3, 0.4) is 0 Å². The third-order valence-electron chi connectivity index (χ3n) is 7.91. The van der Waals surface area contributed by atoms with Crippen molar-refractivity contribution in [1.82, 2.24) is 24.6 Å². The summed E-state index contributed by atoms with van der Waals surface area (Å²) in [5.41, 5.74) is 2.91. The number of hydrogen-bond donors (Lipinski definition) is 2. The highest BCUT2D eigenvalue weighted by Gasteiger charge is 2.60. The zero-order valence-corrected chi connectivity index (χ0v) is 16.4. The Hall–Kier alpha value is -2.89. The third kappa shape index (κ3) is 2.20. The van der Waals surface area contributed by atoms with Gasteiger partial charge in [-0.15, -0.1) is 5.10 Å². The van der Waals surface area contributed by atoms with Gasteiger partial charge in [-0.2, -0.15) is 0 Å². The van der Waals surface area contributed by atoms with Gasteiger partial charge in [0.15, 0.2) is 11.6 Å². The fraction of sp³-hybridized carbons (Fsp3) is 0.435. The molecule has 8 rings (SSSR count). The topological polar surface area (TPSA) is 70.9 Å². The predicted molar refractivity (Wildman–Crippen MR) is 112 cm³/mol. The Morgan fingerprint density at radius 1 is 1.10 bits per heavy atom. The van der Waals surface area contributed by atoms with E-state index in [-0.39, 0.29) is 0 Å². The van der Waals surface area contributed by atoms with Gasteiger partial charge in [0.2, 0.25) is 0 Å². The van der Waals surface area contributed by atoms with E-state index in [0.29, 0.717) is 12.0 Å². The molecule has 0 unspecified atom stereocenters. The molecule has 0 aromatic carbocycles. The molecule has 2 N–H and O–H groups in total. The van der Waals surface area contributed by atoms with Crippen LogP contribution < -0.4 is 5.32 Å². The molecule has 0 aliphatic heterocycles. The van der Waals surface area contributed by atoms with Gasteiger partial charge in [0.05, 0.1) is 0 Å². The molecule has 0 amide bonds. The van der Waals surface area contributed by atoms with Crippen LogP contribution in [-0.4, -0.2) is 30.6 Å². The van der Waals surface area contributed by atoms with Crippen molar-refractivity contribution in [3.05, 3.63) is 42.9 Å². The minimum Gasteiger partial charge on any atom is -0.365 e. The summed E-state index contributed by atoms with van der Waals surface area (Å²) in [7, 11) is 0. The summed E-state index contributed by atoms with van der Waals surface area (Å²) in [5, 5.41) is 9.74. The standard InChI is InChI=1S/C23H24N6/c1-12-13-6-7-14(17-10-16(13)17)20(12)26-23-19-5-3-9-29(19)28-22(27-23)18-11-25-21-15(18)4-2-8-24-21/h2-5,8-9,11-14,16-17,20H,6-7,10H2,1H3,(H,24,25)(H,26,27,28)/t12-,13+,14+,16-,17+,20+/m0/s1. The number of fused-ring (bicyclic) bond motifs is 4. The molecule has 2 bridgehead atoms. The Kier molecular flexibility index (Phi) is 3.08. The number of pyridine rings is 1. The Balaban J connectivity index is 1.33. The Morgan fingerprint density at radius 2 is 2.00 bits per heavy atom. The molecule has 29 heavy (non-hydrogen) atoms. The smallest absolute Gasteiger partial charge is 0.184 e. The van der Waals surface area contributed by atoms with E-state index in [0.717, 1.165) is 57.4 Å². The van der Waals surface area contributed by atoms with E-state index in [1.54, 1.807) is 6.20 Å². The van der Waals surface area contributed by atoms with Crippen LogP contribution in [0.5, 0.6) is 0 Å². The fourth-order valence-corrected chi connectivity index (χ4v) is 6.48. The van der Waals surface area contributed by atoms with Gasteiger partial charge in [0, 0.05) is 35.6 Å². The summed E-state index contributed by atoms with van der Waals surface area (Å²) in [6.07, 6.45) is 10.0. The first-order valence-electron chi connectivity index (χ1n) is 10.8. The number of anilines is 1. The van der Waals surface area contributed by atoms with Crippen molar-refractivity contribution in [3.8, 4) is 11.4 Å². The summed E-state index contributed by atoms with van der Waals surface area (Å²) in [6, 6.07) is 8.69. The molecular formula is C23H24N6. The zero-order valence-electron chi connectivity index (χ0n) is 16.4. The van der Waals surface area contributed by atoms with Crippen LogP contribution in [-0.2, 0) is 0 Å². The molecule has 6 nitrogen and oxygen atoms in total. The largest absolute Gasteiger partial charge is 0.365 e. The molecule has 4 heterocycles. The molecule has 6 heteroatoms. The fourth-order valence-electron chi connectivity index (χ4n) is 6.48. The highest BCUT2D eigenvalue weighted by atomic mass is 15.3. The Labute approximate surface area is 168 Å². The lowest BCUT2D eigenvalue weighted by Gasteiger charge is -2.47. The molecule has 0 saturated heterocycles. The quantitative estimate of drug-likeness (QED) is 0.550. The Bertz CT molecular complexity index is 1240. The highest BCUT2D eigenvalue weighted by Crippen LogP contribution is 2.64. The summed E-state index contributed by atoms with van der Waals surface area (Å²) in [5.74, 6) is 6.05. The lowest BCUT2D eigenvalue weighted by molar-refractivity contribution is 0.0806. The Morgan fingerprint density at radius 3 is 2.97 bits per heavy atom. The number of rotatable bonds is 3. The van der Waals surface area contributed by atoms with Gasteiger partial charge in [0.1, 0.15) is 11.2 Å². The van der Waals surface area contributed by atoms with Crippen molar-refractivity contribution in [2.45, 2.75) is 32.2 Å². The molecule has 0 spiro atoms. The van der Waals surface area contributed by atoms with Crippen LogP contribution in [0.15, 0.2) is 42.9 Å². The lowest BCUT2D eigenvalue weighted by Crippen LogP contribution is -2.48. The van der Waals surface area contributed by atoms with Crippen LogP contribution in [0.25, 0.3) is 27.9 Å². The summed E-state index contributed by atoms with van der Waals surface area (Å²) < 4.78 is 1.95. The second kappa shape index (κ2) is 5.59. The van der Waals surface area contributed by atoms with E-state index < -0.39 is 0 Å². The van der Waals surface area contributed by atoms with E-state index in [1.165, 1.54) is 19.3 Å². The average Bonchev–Trinajstić information content (AvgIpc) is 3.23. The van der Waals surface area contributed by atoms with Crippen LogP contribution >= 0.6 is 0 Å². The first kappa shape index (κ1) is 16.0. The number of nitrogens with zero attached hydrogens (tertiary/aromatic N) is 4. The first-order valence-corrected chi connectivity index (χ1v) is 10.8. The van der Waals surface area contributed by atoms with E-state index in [9.17, 15) is 0 Å². The number of aromatic nitrogens is 5. The van der Waals surface area contributed by atoms with Crippen LogP contribution in [0.2, 0.25) is 0 Å². The SMILES string of the molecule is C[C@H]1[C@H]2CC[C@H]([C@H]3C[C@H]32)[C@@H]1Nc1nc(-c2c[nH]c3ncccc23)nn2cccc12. The van der Waals surface area contributed by atoms with Crippen molar-refractivity contribution in [3.63, 3.8) is 0 Å². The summed E-state index contributed by atoms with van der Waals surface area (Å²) >= 11 is 0. The molecule has 4 fully saturated rings. The maximum atomic E-state index is 5.03. The van der Waals surface area contributed by atoms with Crippen molar-refractivity contribution in [2.24, 2.45) is 29.6 Å². The summed E-state index contributed by atoms with van der Waals surface area (Å²) in [6.45, 7) is 2.45. The summed E-state index contributed by atoms with van der Waals surface area (Å²) in [4.78, 5) is 12.7. The molecule has 6 atom stereocenters. The number of hydrogen-bond acceptors (Lipinski definition) is 4. The molecule has 4 aliphatic rings. The highest BCUT2D eigenvalue weighted by molar-refractivity contribution is 5.91. The minimum absolute atomic E-state index is 0.517. The normalized spacial score (nSPS) is 32.6. The molecule has 4 saturated carbocycles. The van der Waals surface area contributed by atoms with Crippen molar-refractivity contribution < 1.29 is 0 Å². The van der Waals surface area contributed by atoms with Crippen molar-refractivity contribution in [1.29, 1.82) is 0 Å². The van der Waals surface area contributed by atoms with E-state index in [4.69, 9.17) is 10.1 Å². The molecule has 4 aliphatic carbocycles. The molecular weight excluding hydrogens is 360 g/mol. The number of H-pyrrole nitrogens is 1. The molecule has 4 aromatic rings. The third-order valence-corrected chi connectivity index (χ3v) is 7.91. The van der Waals surface area contributed by atoms with Crippen molar-refractivity contribution in [2.75, 3.05) is 5.32 Å². The molecule has 146 valence electrons. The van der Waals surface area contributed by atoms with Gasteiger partial charge < -0.3 is 10.3 Å².